The van der Waals surface area contributed by atoms with Crippen LogP contribution in [0.25, 0.3) is 6.08 Å². The maximum Gasteiger partial charge on any atom is 0.265 e. The lowest BCUT2D eigenvalue weighted by Gasteiger charge is -2.36. The summed E-state index contributed by atoms with van der Waals surface area (Å²) < 4.78 is 20.2. The molecule has 2 aliphatic heterocycles. The highest BCUT2D eigenvalue weighted by atomic mass is 79.9. The lowest BCUT2D eigenvalue weighted by Crippen LogP contribution is -2.47. The number of methoxy groups -OCH3 is 1. The molecule has 3 aromatic carbocycles. The number of halogens is 2. The van der Waals surface area contributed by atoms with Crippen molar-refractivity contribution in [2.24, 2.45) is 0 Å². The van der Waals surface area contributed by atoms with Gasteiger partial charge in [-0.1, -0.05) is 42.1 Å². The lowest BCUT2D eigenvalue weighted by atomic mass is 10.2. The Morgan fingerprint density at radius 1 is 1.05 bits per heavy atom. The zero-order valence-corrected chi connectivity index (χ0v) is 25.2. The minimum absolute atomic E-state index is 0.0542. The molecule has 10 heteroatoms. The van der Waals surface area contributed by atoms with Crippen molar-refractivity contribution in [3.63, 3.8) is 0 Å². The zero-order chi connectivity index (χ0) is 28.8. The number of hydrogen-bond donors (Lipinski definition) is 1. The monoisotopic (exact) mass is 638 g/mol. The zero-order valence-electron chi connectivity index (χ0n) is 22.8. The normalized spacial score (nSPS) is 16.6. The highest BCUT2D eigenvalue weighted by Crippen LogP contribution is 2.42. The van der Waals surface area contributed by atoms with Gasteiger partial charge in [-0.3, -0.25) is 19.4 Å². The Kier molecular flexibility index (Phi) is 9.64. The Morgan fingerprint density at radius 3 is 2.51 bits per heavy atom. The summed E-state index contributed by atoms with van der Waals surface area (Å²) in [6.07, 6.45) is 2.63. The Hall–Kier alpha value is -3.34. The van der Waals surface area contributed by atoms with Gasteiger partial charge in [0.1, 0.15) is 18.1 Å². The number of amides is 2. The van der Waals surface area contributed by atoms with E-state index in [1.165, 1.54) is 17.8 Å². The molecule has 0 aliphatic carbocycles. The van der Waals surface area contributed by atoms with E-state index in [0.29, 0.717) is 22.9 Å². The standard InChI is InChI=1S/C31H32BrFN4O3S/c1-40-27-12-11-22(19-23(27)32)20-29-31(39)37(26-9-4-5-10-28(26)41-29)21-30(38)34-13-6-14-35-15-17-36(18-16-35)25-8-3-2-7-24(25)33/h2-5,7-12,19-20H,6,13-18,21H2,1H3,(H,34,38)/b29-20+. The molecular weight excluding hydrogens is 607 g/mol. The average Bonchev–Trinajstić information content (AvgIpc) is 2.98. The number of hydrogen-bond acceptors (Lipinski definition) is 6. The topological polar surface area (TPSA) is 65.1 Å². The SMILES string of the molecule is COc1ccc(/C=C2/Sc3ccccc3N(CC(=O)NCCCN3CCN(c4ccccc4F)CC3)C2=O)cc1Br. The van der Waals surface area contributed by atoms with Gasteiger partial charge in [0.05, 0.1) is 27.9 Å². The van der Waals surface area contributed by atoms with E-state index in [1.807, 2.05) is 60.7 Å². The van der Waals surface area contributed by atoms with Crippen LogP contribution in [0.1, 0.15) is 12.0 Å². The second-order valence-corrected chi connectivity index (χ2v) is 11.8. The predicted molar refractivity (Wildman–Crippen MR) is 166 cm³/mol. The molecule has 0 aromatic heterocycles. The van der Waals surface area contributed by atoms with Crippen molar-refractivity contribution in [3.05, 3.63) is 87.5 Å². The van der Waals surface area contributed by atoms with Gasteiger partial charge in [0.15, 0.2) is 0 Å². The molecule has 2 aliphatic rings. The molecule has 0 bridgehead atoms. The number of fused-ring (bicyclic) bond motifs is 1. The molecule has 2 amide bonds. The minimum atomic E-state index is -0.205. The summed E-state index contributed by atoms with van der Waals surface area (Å²) in [5.74, 6) is 0.121. The van der Waals surface area contributed by atoms with Crippen LogP contribution in [-0.4, -0.2) is 69.6 Å². The highest BCUT2D eigenvalue weighted by molar-refractivity contribution is 9.10. The predicted octanol–water partition coefficient (Wildman–Crippen LogP) is 5.41. The third-order valence-electron chi connectivity index (χ3n) is 7.15. The van der Waals surface area contributed by atoms with Gasteiger partial charge < -0.3 is 15.0 Å². The fourth-order valence-electron chi connectivity index (χ4n) is 4.99. The molecule has 214 valence electrons. The first-order valence-corrected chi connectivity index (χ1v) is 15.2. The van der Waals surface area contributed by atoms with Crippen LogP contribution in [0.5, 0.6) is 5.75 Å². The van der Waals surface area contributed by atoms with E-state index < -0.39 is 0 Å². The van der Waals surface area contributed by atoms with E-state index in [-0.39, 0.29) is 24.2 Å². The second-order valence-electron chi connectivity index (χ2n) is 9.85. The van der Waals surface area contributed by atoms with Crippen LogP contribution >= 0.6 is 27.7 Å². The van der Waals surface area contributed by atoms with Crippen molar-refractivity contribution >= 4 is 57.0 Å². The molecule has 0 radical (unpaired) electrons. The van der Waals surface area contributed by atoms with Crippen LogP contribution < -0.4 is 19.9 Å². The number of nitrogens with zero attached hydrogens (tertiary/aromatic N) is 3. The van der Waals surface area contributed by atoms with Gasteiger partial charge in [0.2, 0.25) is 5.91 Å². The number of nitrogens with one attached hydrogen (secondary N) is 1. The molecule has 0 saturated carbocycles. The summed E-state index contributed by atoms with van der Waals surface area (Å²) in [6.45, 7) is 4.54. The molecule has 1 saturated heterocycles. The maximum atomic E-state index is 14.1. The molecule has 0 spiro atoms. The smallest absolute Gasteiger partial charge is 0.265 e. The number of piperazine rings is 1. The molecule has 2 heterocycles. The molecule has 3 aromatic rings. The Labute approximate surface area is 252 Å². The van der Waals surface area contributed by atoms with Crippen molar-refractivity contribution in [1.82, 2.24) is 10.2 Å². The van der Waals surface area contributed by atoms with Crippen molar-refractivity contribution < 1.29 is 18.7 Å². The van der Waals surface area contributed by atoms with Crippen LogP contribution in [0.2, 0.25) is 0 Å². The van der Waals surface area contributed by atoms with E-state index in [9.17, 15) is 14.0 Å². The largest absolute Gasteiger partial charge is 0.496 e. The number of ether oxygens (including phenoxy) is 1. The third-order valence-corrected chi connectivity index (χ3v) is 8.84. The van der Waals surface area contributed by atoms with Crippen LogP contribution in [0, 0.1) is 5.82 Å². The van der Waals surface area contributed by atoms with Crippen LogP contribution in [0.15, 0.2) is 81.0 Å². The number of benzene rings is 3. The van der Waals surface area contributed by atoms with Gasteiger partial charge in [-0.2, -0.15) is 0 Å². The number of rotatable bonds is 9. The summed E-state index contributed by atoms with van der Waals surface area (Å²) in [5.41, 5.74) is 2.24. The number of carbonyl (C=O) groups is 2. The Bertz CT molecular complexity index is 1440. The lowest BCUT2D eigenvalue weighted by molar-refractivity contribution is -0.122. The van der Waals surface area contributed by atoms with Gasteiger partial charge in [-0.05, 0) is 76.9 Å². The number of anilines is 2. The Balaban J connectivity index is 1.14. The second kappa shape index (κ2) is 13.5. The number of thioether (sulfide) groups is 1. The number of para-hydroxylation sites is 2. The molecule has 1 N–H and O–H groups in total. The molecule has 0 unspecified atom stereocenters. The van der Waals surface area contributed by atoms with Crippen LogP contribution in [0.4, 0.5) is 15.8 Å². The minimum Gasteiger partial charge on any atom is -0.496 e. The molecule has 41 heavy (non-hydrogen) atoms. The molecule has 1 fully saturated rings. The Morgan fingerprint density at radius 2 is 1.78 bits per heavy atom. The fraction of sp³-hybridized carbons (Fsp3) is 0.290. The first-order valence-electron chi connectivity index (χ1n) is 13.6. The first-order chi connectivity index (χ1) is 19.9. The van der Waals surface area contributed by atoms with E-state index in [1.54, 1.807) is 18.1 Å². The average molecular weight is 640 g/mol. The quantitative estimate of drug-likeness (QED) is 0.250. The van der Waals surface area contributed by atoms with E-state index in [0.717, 1.165) is 59.8 Å². The maximum absolute atomic E-state index is 14.1. The number of carbonyl (C=O) groups excluding carboxylic acids is 2. The molecule has 7 nitrogen and oxygen atoms in total. The summed E-state index contributed by atoms with van der Waals surface area (Å²) in [7, 11) is 1.61. The van der Waals surface area contributed by atoms with E-state index >= 15 is 0 Å². The van der Waals surface area contributed by atoms with Gasteiger partial charge in [-0.15, -0.1) is 0 Å². The third kappa shape index (κ3) is 7.12. The van der Waals surface area contributed by atoms with Gasteiger partial charge in [0, 0.05) is 37.6 Å². The molecule has 0 atom stereocenters. The van der Waals surface area contributed by atoms with Gasteiger partial charge >= 0.3 is 0 Å². The summed E-state index contributed by atoms with van der Waals surface area (Å²) >= 11 is 4.90. The summed E-state index contributed by atoms with van der Waals surface area (Å²) in [5, 5.41) is 2.98. The van der Waals surface area contributed by atoms with Gasteiger partial charge in [0.25, 0.3) is 5.91 Å². The first kappa shape index (κ1) is 29.2. The van der Waals surface area contributed by atoms with Crippen molar-refractivity contribution in [2.45, 2.75) is 11.3 Å². The van der Waals surface area contributed by atoms with Crippen LogP contribution in [-0.2, 0) is 9.59 Å². The van der Waals surface area contributed by atoms with Gasteiger partial charge in [-0.25, -0.2) is 4.39 Å². The highest BCUT2D eigenvalue weighted by Gasteiger charge is 2.30. The summed E-state index contributed by atoms with van der Waals surface area (Å²) in [6, 6.07) is 20.2. The molecule has 5 rings (SSSR count). The van der Waals surface area contributed by atoms with Crippen molar-refractivity contribution in [3.8, 4) is 5.75 Å². The van der Waals surface area contributed by atoms with Crippen molar-refractivity contribution in [1.29, 1.82) is 0 Å². The van der Waals surface area contributed by atoms with Crippen LogP contribution in [0.3, 0.4) is 0 Å². The van der Waals surface area contributed by atoms with E-state index in [4.69, 9.17) is 4.74 Å². The summed E-state index contributed by atoms with van der Waals surface area (Å²) in [4.78, 5) is 33.9. The van der Waals surface area contributed by atoms with Crippen molar-refractivity contribution in [2.75, 3.05) is 62.7 Å². The molecular formula is C31H32BrFN4O3S. The van der Waals surface area contributed by atoms with E-state index in [2.05, 4.69) is 31.0 Å². The fourth-order valence-corrected chi connectivity index (χ4v) is 6.61.